The predicted octanol–water partition coefficient (Wildman–Crippen LogP) is 3.00. The molecule has 1 aromatic carbocycles. The molecule has 4 amide bonds. The maximum absolute atomic E-state index is 12.7. The Morgan fingerprint density at radius 3 is 2.68 bits per heavy atom. The van der Waals surface area contributed by atoms with E-state index in [-0.39, 0.29) is 17.1 Å². The van der Waals surface area contributed by atoms with Crippen molar-refractivity contribution in [2.24, 2.45) is 0 Å². The van der Waals surface area contributed by atoms with Crippen molar-refractivity contribution in [1.82, 2.24) is 10.2 Å². The smallest absolute Gasteiger partial charge is 0.331 e. The van der Waals surface area contributed by atoms with Crippen LogP contribution in [0.15, 0.2) is 40.5 Å². The molecule has 0 radical (unpaired) electrons. The molecule has 2 heterocycles. The van der Waals surface area contributed by atoms with E-state index in [4.69, 9.17) is 25.5 Å². The lowest BCUT2D eigenvalue weighted by Gasteiger charge is -2.25. The average molecular weight is 405 g/mol. The predicted molar refractivity (Wildman–Crippen MR) is 99.9 cm³/mol. The van der Waals surface area contributed by atoms with Crippen LogP contribution in [0.2, 0.25) is 5.02 Å². The third-order valence-corrected chi connectivity index (χ3v) is 4.29. The molecule has 28 heavy (non-hydrogen) atoms. The molecule has 1 aromatic heterocycles. The summed E-state index contributed by atoms with van der Waals surface area (Å²) in [5.74, 6) is -0.335. The Labute approximate surface area is 165 Å². The summed E-state index contributed by atoms with van der Waals surface area (Å²) in [5, 5.41) is 2.40. The number of barbiturate groups is 1. The lowest BCUT2D eigenvalue weighted by atomic mass is 10.1. The van der Waals surface area contributed by atoms with E-state index in [1.807, 2.05) is 6.92 Å². The largest absolute Gasteiger partial charge is 0.493 e. The van der Waals surface area contributed by atoms with Gasteiger partial charge in [-0.1, -0.05) is 11.6 Å². The fourth-order valence-corrected chi connectivity index (χ4v) is 2.85. The number of carbonyl (C=O) groups excluding carboxylic acids is 3. The highest BCUT2D eigenvalue weighted by Gasteiger charge is 2.36. The normalized spacial score (nSPS) is 15.8. The van der Waals surface area contributed by atoms with Crippen LogP contribution >= 0.6 is 11.6 Å². The fraction of sp³-hybridized carbons (Fsp3) is 0.211. The lowest BCUT2D eigenvalue weighted by Crippen LogP contribution is -2.53. The molecule has 3 rings (SSSR count). The minimum absolute atomic E-state index is 0.109. The number of carbonyl (C=O) groups is 3. The third kappa shape index (κ3) is 3.86. The van der Waals surface area contributed by atoms with Crippen molar-refractivity contribution in [2.75, 3.05) is 13.7 Å². The van der Waals surface area contributed by atoms with Gasteiger partial charge in [0.05, 0.1) is 31.5 Å². The Hall–Kier alpha value is -3.26. The average Bonchev–Trinajstić information content (AvgIpc) is 3.17. The highest BCUT2D eigenvalue weighted by Crippen LogP contribution is 2.34. The van der Waals surface area contributed by atoms with E-state index in [9.17, 15) is 14.4 Å². The second kappa shape index (κ2) is 8.18. The van der Waals surface area contributed by atoms with Gasteiger partial charge in [-0.25, -0.2) is 4.79 Å². The topological polar surface area (TPSA) is 98.1 Å². The first kappa shape index (κ1) is 19.5. The molecule has 1 aliphatic heterocycles. The minimum atomic E-state index is -0.820. The number of hydrogen-bond acceptors (Lipinski definition) is 6. The van der Waals surface area contributed by atoms with Crippen LogP contribution in [-0.4, -0.2) is 36.5 Å². The van der Waals surface area contributed by atoms with Gasteiger partial charge in [-0.3, -0.25) is 19.8 Å². The Morgan fingerprint density at radius 2 is 2.04 bits per heavy atom. The van der Waals surface area contributed by atoms with Crippen LogP contribution in [0.5, 0.6) is 11.5 Å². The number of methoxy groups -OCH3 is 1. The number of urea groups is 1. The summed E-state index contributed by atoms with van der Waals surface area (Å²) in [7, 11) is 1.46. The van der Waals surface area contributed by atoms with Gasteiger partial charge in [-0.2, -0.15) is 0 Å². The third-order valence-electron chi connectivity index (χ3n) is 3.96. The molecule has 2 aromatic rings. The van der Waals surface area contributed by atoms with Gasteiger partial charge >= 0.3 is 6.03 Å². The zero-order valence-corrected chi connectivity index (χ0v) is 15.9. The number of ether oxygens (including phenoxy) is 2. The molecule has 1 fully saturated rings. The minimum Gasteiger partial charge on any atom is -0.493 e. The van der Waals surface area contributed by atoms with Crippen molar-refractivity contribution < 1.29 is 28.3 Å². The first-order valence-electron chi connectivity index (χ1n) is 8.36. The second-order valence-electron chi connectivity index (χ2n) is 5.75. The molecule has 1 aliphatic rings. The second-order valence-corrected chi connectivity index (χ2v) is 6.15. The van der Waals surface area contributed by atoms with Gasteiger partial charge in [0, 0.05) is 6.07 Å². The van der Waals surface area contributed by atoms with Crippen molar-refractivity contribution in [3.63, 3.8) is 0 Å². The van der Waals surface area contributed by atoms with Gasteiger partial charge in [0.25, 0.3) is 11.8 Å². The van der Waals surface area contributed by atoms with Crippen molar-refractivity contribution >= 4 is 35.5 Å². The van der Waals surface area contributed by atoms with Crippen LogP contribution in [0.3, 0.4) is 0 Å². The van der Waals surface area contributed by atoms with E-state index in [0.29, 0.717) is 29.4 Å². The van der Waals surface area contributed by atoms with Crippen LogP contribution in [0, 0.1) is 0 Å². The van der Waals surface area contributed by atoms with Gasteiger partial charge in [0.1, 0.15) is 11.3 Å². The summed E-state index contributed by atoms with van der Waals surface area (Å²) in [6.07, 6.45) is 2.73. The molecule has 0 unspecified atom stereocenters. The number of nitrogens with one attached hydrogen (secondary N) is 1. The number of nitrogens with zero attached hydrogens (tertiary/aromatic N) is 1. The van der Waals surface area contributed by atoms with Gasteiger partial charge in [-0.15, -0.1) is 0 Å². The maximum atomic E-state index is 12.7. The summed E-state index contributed by atoms with van der Waals surface area (Å²) < 4.78 is 15.9. The number of amides is 4. The van der Waals surface area contributed by atoms with E-state index in [1.165, 1.54) is 25.5 Å². The number of rotatable bonds is 6. The number of imide groups is 2. The molecule has 0 aliphatic carbocycles. The molecule has 146 valence electrons. The standard InChI is InChI=1S/C19H17ClN2O6/c1-3-27-16-9-14(20)11(8-15(16)26-2)7-13-17(23)21-19(25)22(18(13)24)10-12-5-4-6-28-12/h4-9H,3,10H2,1-2H3,(H,21,23,25). The van der Waals surface area contributed by atoms with E-state index in [1.54, 1.807) is 18.2 Å². The lowest BCUT2D eigenvalue weighted by molar-refractivity contribution is -0.130. The summed E-state index contributed by atoms with van der Waals surface area (Å²) in [6.45, 7) is 2.12. The first-order valence-corrected chi connectivity index (χ1v) is 8.74. The Balaban J connectivity index is 1.96. The van der Waals surface area contributed by atoms with Gasteiger partial charge in [0.15, 0.2) is 11.5 Å². The Bertz CT molecular complexity index is 952. The van der Waals surface area contributed by atoms with Crippen molar-refractivity contribution in [2.45, 2.75) is 13.5 Å². The van der Waals surface area contributed by atoms with Crippen LogP contribution in [0.1, 0.15) is 18.2 Å². The Morgan fingerprint density at radius 1 is 1.25 bits per heavy atom. The van der Waals surface area contributed by atoms with Crippen molar-refractivity contribution in [3.8, 4) is 11.5 Å². The summed E-state index contributed by atoms with van der Waals surface area (Å²) >= 11 is 6.27. The van der Waals surface area contributed by atoms with E-state index < -0.39 is 17.8 Å². The Kier molecular flexibility index (Phi) is 5.70. The summed E-state index contributed by atoms with van der Waals surface area (Å²) in [6, 6.07) is 5.52. The van der Waals surface area contributed by atoms with E-state index >= 15 is 0 Å². The molecular formula is C19H17ClN2O6. The van der Waals surface area contributed by atoms with Crippen LogP contribution in [-0.2, 0) is 16.1 Å². The van der Waals surface area contributed by atoms with Crippen molar-refractivity contribution in [1.29, 1.82) is 0 Å². The van der Waals surface area contributed by atoms with Crippen molar-refractivity contribution in [3.05, 3.63) is 52.4 Å². The molecule has 9 heteroatoms. The molecule has 0 saturated carbocycles. The zero-order valence-electron chi connectivity index (χ0n) is 15.2. The van der Waals surface area contributed by atoms with E-state index in [2.05, 4.69) is 5.32 Å². The number of halogens is 1. The zero-order chi connectivity index (χ0) is 20.3. The molecule has 0 bridgehead atoms. The monoisotopic (exact) mass is 404 g/mol. The highest BCUT2D eigenvalue weighted by molar-refractivity contribution is 6.34. The van der Waals surface area contributed by atoms with Gasteiger partial charge in [0.2, 0.25) is 0 Å². The summed E-state index contributed by atoms with van der Waals surface area (Å²) in [5.41, 5.74) is 0.132. The maximum Gasteiger partial charge on any atom is 0.331 e. The molecule has 1 saturated heterocycles. The fourth-order valence-electron chi connectivity index (χ4n) is 2.64. The highest BCUT2D eigenvalue weighted by atomic mass is 35.5. The van der Waals surface area contributed by atoms with Gasteiger partial charge in [-0.05, 0) is 36.8 Å². The number of benzene rings is 1. The molecule has 1 N–H and O–H groups in total. The van der Waals surface area contributed by atoms with Gasteiger partial charge < -0.3 is 13.9 Å². The van der Waals surface area contributed by atoms with Crippen LogP contribution in [0.4, 0.5) is 4.79 Å². The quantitative estimate of drug-likeness (QED) is 0.587. The molecule has 0 atom stereocenters. The number of furan rings is 1. The molecule has 0 spiro atoms. The SMILES string of the molecule is CCOc1cc(Cl)c(C=C2C(=O)NC(=O)N(Cc3ccco3)C2=O)cc1OC. The molecule has 8 nitrogen and oxygen atoms in total. The summed E-state index contributed by atoms with van der Waals surface area (Å²) in [4.78, 5) is 37.9. The molecular weight excluding hydrogens is 388 g/mol. The first-order chi connectivity index (χ1) is 13.4. The van der Waals surface area contributed by atoms with E-state index in [0.717, 1.165) is 4.90 Å². The number of hydrogen-bond donors (Lipinski definition) is 1. The van der Waals surface area contributed by atoms with Crippen LogP contribution < -0.4 is 14.8 Å². The van der Waals surface area contributed by atoms with Crippen LogP contribution in [0.25, 0.3) is 6.08 Å².